The van der Waals surface area contributed by atoms with Crippen LogP contribution < -0.4 is 14.8 Å². The summed E-state index contributed by atoms with van der Waals surface area (Å²) in [7, 11) is 1.51. The van der Waals surface area contributed by atoms with Crippen LogP contribution >= 0.6 is 11.6 Å². The molecule has 0 aliphatic carbocycles. The van der Waals surface area contributed by atoms with Crippen LogP contribution in [0.25, 0.3) is 6.08 Å². The van der Waals surface area contributed by atoms with Crippen LogP contribution in [0, 0.1) is 11.3 Å². The lowest BCUT2D eigenvalue weighted by Gasteiger charge is -2.13. The summed E-state index contributed by atoms with van der Waals surface area (Å²) in [6.45, 7) is 2.68. The van der Waals surface area contributed by atoms with Gasteiger partial charge < -0.3 is 19.9 Å². The molecule has 0 heterocycles. The number of unbranched alkanes of at least 4 members (excludes halogenated alkanes) is 3. The number of methoxy groups -OCH3 is 1. The van der Waals surface area contributed by atoms with Gasteiger partial charge in [-0.25, -0.2) is 0 Å². The third kappa shape index (κ3) is 6.71. The molecule has 0 saturated heterocycles. The Kier molecular flexibility index (Phi) is 9.04. The topological polar surface area (TPSA) is 91.6 Å². The summed E-state index contributed by atoms with van der Waals surface area (Å²) < 4.78 is 11.2. The van der Waals surface area contributed by atoms with Crippen molar-refractivity contribution < 1.29 is 19.4 Å². The van der Waals surface area contributed by atoms with E-state index in [2.05, 4.69) is 12.2 Å². The quantitative estimate of drug-likeness (QED) is 0.224. The van der Waals surface area contributed by atoms with E-state index in [9.17, 15) is 15.2 Å². The van der Waals surface area contributed by atoms with Crippen molar-refractivity contribution in [2.75, 3.05) is 19.0 Å². The second-order valence-corrected chi connectivity index (χ2v) is 7.02. The number of rotatable bonds is 10. The van der Waals surface area contributed by atoms with Crippen LogP contribution in [0.1, 0.15) is 38.2 Å². The lowest BCUT2D eigenvalue weighted by Crippen LogP contribution is -2.13. The molecular weight excluding hydrogens is 404 g/mol. The van der Waals surface area contributed by atoms with Crippen LogP contribution in [-0.4, -0.2) is 24.7 Å². The monoisotopic (exact) mass is 428 g/mol. The molecular formula is C23H25ClN2O4. The number of anilines is 1. The molecule has 2 aromatic rings. The fourth-order valence-electron chi connectivity index (χ4n) is 2.72. The van der Waals surface area contributed by atoms with E-state index in [0.29, 0.717) is 34.4 Å². The van der Waals surface area contributed by atoms with E-state index in [1.54, 1.807) is 12.1 Å². The molecule has 0 radical (unpaired) electrons. The van der Waals surface area contributed by atoms with E-state index in [1.807, 2.05) is 6.07 Å². The maximum absolute atomic E-state index is 12.4. The summed E-state index contributed by atoms with van der Waals surface area (Å²) in [6, 6.07) is 11.1. The summed E-state index contributed by atoms with van der Waals surface area (Å²) in [4.78, 5) is 12.4. The summed E-state index contributed by atoms with van der Waals surface area (Å²) in [6.07, 6.45) is 5.73. The lowest BCUT2D eigenvalue weighted by molar-refractivity contribution is -0.112. The predicted molar refractivity (Wildman–Crippen MR) is 118 cm³/mol. The molecule has 7 heteroatoms. The average Bonchev–Trinajstić information content (AvgIpc) is 2.74. The SMILES string of the molecule is CCCCCCOc1c(Cl)cc(/C=C(\C#N)C(=O)Nc2ccc(O)cc2)cc1OC. The number of halogens is 1. The predicted octanol–water partition coefficient (Wildman–Crippen LogP) is 5.56. The van der Waals surface area contributed by atoms with Gasteiger partial charge in [0, 0.05) is 5.69 Å². The Bertz CT molecular complexity index is 933. The van der Waals surface area contributed by atoms with Gasteiger partial charge in [0.15, 0.2) is 11.5 Å². The molecule has 0 unspecified atom stereocenters. The van der Waals surface area contributed by atoms with E-state index >= 15 is 0 Å². The standard InChI is InChI=1S/C23H25ClN2O4/c1-3-4-5-6-11-30-22-20(24)13-16(14-21(22)29-2)12-17(15-25)23(28)26-18-7-9-19(27)10-8-18/h7-10,12-14,27H,3-6,11H2,1-2H3,(H,26,28)/b17-12+. The second kappa shape index (κ2) is 11.7. The normalized spacial score (nSPS) is 10.9. The Morgan fingerprint density at radius 3 is 2.60 bits per heavy atom. The summed E-state index contributed by atoms with van der Waals surface area (Å²) in [5, 5.41) is 21.7. The zero-order chi connectivity index (χ0) is 21.9. The minimum Gasteiger partial charge on any atom is -0.508 e. The molecule has 2 N–H and O–H groups in total. The molecule has 30 heavy (non-hydrogen) atoms. The molecule has 0 aromatic heterocycles. The molecule has 1 amide bonds. The van der Waals surface area contributed by atoms with Crippen molar-refractivity contribution in [2.45, 2.75) is 32.6 Å². The molecule has 0 atom stereocenters. The number of benzene rings is 2. The summed E-state index contributed by atoms with van der Waals surface area (Å²) in [5.41, 5.74) is 0.892. The zero-order valence-electron chi connectivity index (χ0n) is 17.1. The van der Waals surface area contributed by atoms with Crippen molar-refractivity contribution in [1.82, 2.24) is 0 Å². The van der Waals surface area contributed by atoms with Gasteiger partial charge in [0.2, 0.25) is 0 Å². The highest BCUT2D eigenvalue weighted by atomic mass is 35.5. The average molecular weight is 429 g/mol. The van der Waals surface area contributed by atoms with Crippen molar-refractivity contribution in [3.8, 4) is 23.3 Å². The molecule has 0 spiro atoms. The van der Waals surface area contributed by atoms with Crippen molar-refractivity contribution in [2.24, 2.45) is 0 Å². The van der Waals surface area contributed by atoms with Crippen molar-refractivity contribution in [1.29, 1.82) is 5.26 Å². The number of ether oxygens (including phenoxy) is 2. The van der Waals surface area contributed by atoms with Gasteiger partial charge in [0.1, 0.15) is 17.4 Å². The summed E-state index contributed by atoms with van der Waals surface area (Å²) in [5.74, 6) is 0.383. The fourth-order valence-corrected chi connectivity index (χ4v) is 3.00. The van der Waals surface area contributed by atoms with E-state index in [0.717, 1.165) is 25.7 Å². The van der Waals surface area contributed by atoms with Crippen LogP contribution in [0.3, 0.4) is 0 Å². The fraction of sp³-hybridized carbons (Fsp3) is 0.304. The van der Waals surface area contributed by atoms with E-state index < -0.39 is 5.91 Å². The first-order valence-corrected chi connectivity index (χ1v) is 10.1. The van der Waals surface area contributed by atoms with Gasteiger partial charge in [-0.2, -0.15) is 5.26 Å². The van der Waals surface area contributed by atoms with Crippen LogP contribution in [0.2, 0.25) is 5.02 Å². The van der Waals surface area contributed by atoms with Crippen LogP contribution in [0.5, 0.6) is 17.2 Å². The van der Waals surface area contributed by atoms with Gasteiger partial charge in [-0.15, -0.1) is 0 Å². The number of hydrogen-bond donors (Lipinski definition) is 2. The molecule has 0 bridgehead atoms. The first-order valence-electron chi connectivity index (χ1n) is 9.71. The van der Waals surface area contributed by atoms with Crippen molar-refractivity contribution in [3.05, 3.63) is 52.6 Å². The minimum atomic E-state index is -0.575. The second-order valence-electron chi connectivity index (χ2n) is 6.61. The van der Waals surface area contributed by atoms with Crippen LogP contribution in [-0.2, 0) is 4.79 Å². The van der Waals surface area contributed by atoms with Gasteiger partial charge in [0.05, 0.1) is 18.7 Å². The largest absolute Gasteiger partial charge is 0.508 e. The third-order valence-corrected chi connectivity index (χ3v) is 4.58. The molecule has 0 aliphatic rings. The Labute approximate surface area is 181 Å². The number of aromatic hydroxyl groups is 1. The highest BCUT2D eigenvalue weighted by Crippen LogP contribution is 2.37. The number of carbonyl (C=O) groups excluding carboxylic acids is 1. The number of phenolic OH excluding ortho intramolecular Hbond substituents is 1. The maximum atomic E-state index is 12.4. The third-order valence-electron chi connectivity index (χ3n) is 4.30. The number of nitrogens with one attached hydrogen (secondary N) is 1. The molecule has 158 valence electrons. The maximum Gasteiger partial charge on any atom is 0.266 e. The first-order chi connectivity index (χ1) is 14.5. The van der Waals surface area contributed by atoms with E-state index in [4.69, 9.17) is 21.1 Å². The molecule has 0 saturated carbocycles. The van der Waals surface area contributed by atoms with Gasteiger partial charge in [-0.3, -0.25) is 4.79 Å². The Balaban J connectivity index is 2.16. The van der Waals surface area contributed by atoms with E-state index in [-0.39, 0.29) is 11.3 Å². The smallest absolute Gasteiger partial charge is 0.266 e. The number of nitrogens with zero attached hydrogens (tertiary/aromatic N) is 1. The van der Waals surface area contributed by atoms with Gasteiger partial charge >= 0.3 is 0 Å². The van der Waals surface area contributed by atoms with Crippen molar-refractivity contribution >= 4 is 29.3 Å². The number of nitriles is 1. The lowest BCUT2D eigenvalue weighted by atomic mass is 10.1. The highest BCUT2D eigenvalue weighted by Gasteiger charge is 2.14. The Morgan fingerprint density at radius 2 is 1.97 bits per heavy atom. The van der Waals surface area contributed by atoms with Crippen molar-refractivity contribution in [3.63, 3.8) is 0 Å². The highest BCUT2D eigenvalue weighted by molar-refractivity contribution is 6.32. The Hall–Kier alpha value is -3.17. The first kappa shape index (κ1) is 23.1. The van der Waals surface area contributed by atoms with E-state index in [1.165, 1.54) is 37.5 Å². The molecule has 2 aromatic carbocycles. The number of hydrogen-bond acceptors (Lipinski definition) is 5. The molecule has 0 fully saturated rings. The van der Waals surface area contributed by atoms with Gasteiger partial charge in [-0.1, -0.05) is 37.8 Å². The molecule has 2 rings (SSSR count). The number of carbonyl (C=O) groups is 1. The van der Waals surface area contributed by atoms with Crippen LogP contribution in [0.15, 0.2) is 42.0 Å². The number of amides is 1. The number of phenols is 1. The molecule has 6 nitrogen and oxygen atoms in total. The zero-order valence-corrected chi connectivity index (χ0v) is 17.8. The Morgan fingerprint density at radius 1 is 1.23 bits per heavy atom. The van der Waals surface area contributed by atoms with Crippen LogP contribution in [0.4, 0.5) is 5.69 Å². The summed E-state index contributed by atoms with van der Waals surface area (Å²) >= 11 is 6.36. The van der Waals surface area contributed by atoms with Gasteiger partial charge in [-0.05, 0) is 54.5 Å². The molecule has 0 aliphatic heterocycles. The van der Waals surface area contributed by atoms with Gasteiger partial charge in [0.25, 0.3) is 5.91 Å². The minimum absolute atomic E-state index is 0.0819.